The molecule has 2 aliphatic carbocycles. The molecule has 0 aromatic heterocycles. The Morgan fingerprint density at radius 1 is 1.00 bits per heavy atom. The number of epoxide rings is 1. The number of rotatable bonds is 0. The maximum atomic E-state index is 12.7. The van der Waals surface area contributed by atoms with Gasteiger partial charge in [0.25, 0.3) is 11.6 Å². The van der Waals surface area contributed by atoms with E-state index in [0.29, 0.717) is 28.2 Å². The fourth-order valence-corrected chi connectivity index (χ4v) is 4.66. The fourth-order valence-electron chi connectivity index (χ4n) is 4.66. The van der Waals surface area contributed by atoms with Gasteiger partial charge in [-0.1, -0.05) is 12.1 Å². The number of carbonyl (C=O) groups excluding carboxylic acids is 2. The molecule has 1 saturated heterocycles. The molecule has 7 rings (SSSR count). The van der Waals surface area contributed by atoms with Crippen molar-refractivity contribution in [3.8, 4) is 17.2 Å². The van der Waals surface area contributed by atoms with Crippen LogP contribution >= 0.6 is 0 Å². The minimum absolute atomic E-state index is 0.0940. The number of benzene rings is 2. The monoisotopic (exact) mass is 362 g/mol. The molecule has 2 unspecified atom stereocenters. The first-order chi connectivity index (χ1) is 13.0. The smallest absolute Gasteiger partial charge is 0.275 e. The van der Waals surface area contributed by atoms with Crippen LogP contribution in [-0.2, 0) is 21.0 Å². The number of hydrogen-bond acceptors (Lipinski definition) is 7. The van der Waals surface area contributed by atoms with Gasteiger partial charge >= 0.3 is 0 Å². The van der Waals surface area contributed by atoms with Crippen LogP contribution < -0.4 is 9.47 Å². The molecular weight excluding hydrogens is 352 g/mol. The molecule has 2 bridgehead atoms. The molecular formula is C20H10O7. The zero-order valence-electron chi connectivity index (χ0n) is 13.6. The Hall–Kier alpha value is -3.16. The van der Waals surface area contributed by atoms with Gasteiger partial charge in [-0.3, -0.25) is 14.3 Å². The number of ketones is 2. The molecule has 2 aromatic carbocycles. The normalized spacial score (nSPS) is 35.4. The van der Waals surface area contributed by atoms with Gasteiger partial charge in [0, 0.05) is 5.56 Å². The number of Topliss-reactive ketones (excluding diaryl/α,β-unsaturated/α-hetero) is 1. The summed E-state index contributed by atoms with van der Waals surface area (Å²) in [6, 6.07) is 8.13. The van der Waals surface area contributed by atoms with Crippen LogP contribution in [0.15, 0.2) is 42.5 Å². The van der Waals surface area contributed by atoms with Gasteiger partial charge in [0.2, 0.25) is 0 Å². The van der Waals surface area contributed by atoms with Crippen LogP contribution in [0, 0.1) is 0 Å². The third kappa shape index (κ3) is 1.35. The summed E-state index contributed by atoms with van der Waals surface area (Å²) in [5.74, 6) is -2.67. The molecule has 2 spiro atoms. The summed E-state index contributed by atoms with van der Waals surface area (Å²) in [6.45, 7) is 0. The average molecular weight is 362 g/mol. The first-order valence-corrected chi connectivity index (χ1v) is 8.55. The topological polar surface area (TPSA) is 94.6 Å². The van der Waals surface area contributed by atoms with Crippen LogP contribution in [0.3, 0.4) is 0 Å². The minimum Gasteiger partial charge on any atom is -0.507 e. The summed E-state index contributed by atoms with van der Waals surface area (Å²) in [4.78, 5) is 25.0. The van der Waals surface area contributed by atoms with Crippen LogP contribution in [0.2, 0.25) is 0 Å². The second-order valence-electron chi connectivity index (χ2n) is 7.19. The van der Waals surface area contributed by atoms with E-state index in [0.717, 1.165) is 0 Å². The van der Waals surface area contributed by atoms with Crippen molar-refractivity contribution in [1.29, 1.82) is 0 Å². The van der Waals surface area contributed by atoms with Crippen molar-refractivity contribution < 1.29 is 33.6 Å². The Morgan fingerprint density at radius 3 is 2.74 bits per heavy atom. The molecule has 1 fully saturated rings. The molecule has 4 atom stereocenters. The highest BCUT2D eigenvalue weighted by atomic mass is 16.8. The van der Waals surface area contributed by atoms with Crippen LogP contribution in [0.1, 0.15) is 31.8 Å². The van der Waals surface area contributed by atoms with E-state index in [-0.39, 0.29) is 22.9 Å². The summed E-state index contributed by atoms with van der Waals surface area (Å²) in [5, 5.41) is 10.3. The van der Waals surface area contributed by atoms with Gasteiger partial charge in [-0.05, 0) is 30.4 Å². The van der Waals surface area contributed by atoms with Crippen molar-refractivity contribution in [3.05, 3.63) is 64.7 Å². The lowest BCUT2D eigenvalue weighted by Gasteiger charge is -2.52. The highest BCUT2D eigenvalue weighted by molar-refractivity contribution is 6.09. The quantitative estimate of drug-likeness (QED) is 0.716. The van der Waals surface area contributed by atoms with Crippen LogP contribution in [-0.4, -0.2) is 28.9 Å². The number of phenolic OH excluding ortho intramolecular Hbond substituents is 1. The molecule has 1 N–H and O–H groups in total. The van der Waals surface area contributed by atoms with Gasteiger partial charge in [0.15, 0.2) is 23.8 Å². The van der Waals surface area contributed by atoms with Gasteiger partial charge in [0.1, 0.15) is 17.2 Å². The van der Waals surface area contributed by atoms with E-state index in [4.69, 9.17) is 18.9 Å². The van der Waals surface area contributed by atoms with E-state index in [1.165, 1.54) is 12.1 Å². The lowest BCUT2D eigenvalue weighted by molar-refractivity contribution is -0.345. The Bertz CT molecular complexity index is 1170. The van der Waals surface area contributed by atoms with Gasteiger partial charge < -0.3 is 19.3 Å². The number of hydrogen-bond donors (Lipinski definition) is 1. The predicted octanol–water partition coefficient (Wildman–Crippen LogP) is 1.92. The lowest BCUT2D eigenvalue weighted by Crippen LogP contribution is -2.60. The summed E-state index contributed by atoms with van der Waals surface area (Å²) in [5.41, 5.74) is 1.36. The predicted molar refractivity (Wildman–Crippen MR) is 86.7 cm³/mol. The molecule has 2 aromatic rings. The minimum atomic E-state index is -1.43. The Morgan fingerprint density at radius 2 is 1.85 bits per heavy atom. The SMILES string of the molecule is O=C1C=C[C@]23Oc4ccc(O)c5c4[C@](Oc4cccc1c42)(O3)C1OC1C5=O. The van der Waals surface area contributed by atoms with E-state index >= 15 is 0 Å². The van der Waals surface area contributed by atoms with Crippen molar-refractivity contribution in [3.63, 3.8) is 0 Å². The molecule has 0 saturated carbocycles. The average Bonchev–Trinajstić information content (AvgIpc) is 3.46. The van der Waals surface area contributed by atoms with Crippen LogP contribution in [0.4, 0.5) is 0 Å². The molecule has 0 radical (unpaired) electrons. The number of aromatic hydroxyl groups is 1. The van der Waals surface area contributed by atoms with Crippen LogP contribution in [0.25, 0.3) is 0 Å². The van der Waals surface area contributed by atoms with E-state index in [9.17, 15) is 14.7 Å². The Balaban J connectivity index is 1.61. The Labute approximate surface area is 151 Å². The highest BCUT2D eigenvalue weighted by Crippen LogP contribution is 2.64. The van der Waals surface area contributed by atoms with Crippen molar-refractivity contribution in [2.75, 3.05) is 0 Å². The molecule has 0 amide bonds. The molecule has 3 aliphatic heterocycles. The van der Waals surface area contributed by atoms with E-state index in [1.807, 2.05) is 0 Å². The van der Waals surface area contributed by atoms with Crippen LogP contribution in [0.5, 0.6) is 17.2 Å². The second-order valence-corrected chi connectivity index (χ2v) is 7.19. The first-order valence-electron chi connectivity index (χ1n) is 8.55. The number of carbonyl (C=O) groups is 2. The maximum Gasteiger partial charge on any atom is 0.275 e. The fraction of sp³-hybridized carbons (Fsp3) is 0.200. The molecule has 5 aliphatic rings. The molecule has 132 valence electrons. The van der Waals surface area contributed by atoms with E-state index in [1.54, 1.807) is 30.3 Å². The Kier molecular flexibility index (Phi) is 2.02. The summed E-state index contributed by atoms with van der Waals surface area (Å²) in [6.07, 6.45) is 1.58. The highest BCUT2D eigenvalue weighted by Gasteiger charge is 2.74. The van der Waals surface area contributed by atoms with Gasteiger partial charge in [-0.25, -0.2) is 0 Å². The summed E-state index contributed by atoms with van der Waals surface area (Å²) < 4.78 is 24.4. The van der Waals surface area contributed by atoms with Crippen molar-refractivity contribution >= 4 is 11.6 Å². The van der Waals surface area contributed by atoms with Gasteiger partial charge in [-0.2, -0.15) is 0 Å². The van der Waals surface area contributed by atoms with Gasteiger partial charge in [-0.15, -0.1) is 0 Å². The maximum absolute atomic E-state index is 12.7. The van der Waals surface area contributed by atoms with Crippen molar-refractivity contribution in [2.45, 2.75) is 23.8 Å². The zero-order valence-corrected chi connectivity index (χ0v) is 13.6. The molecule has 3 heterocycles. The molecule has 7 heteroatoms. The summed E-state index contributed by atoms with van der Waals surface area (Å²) >= 11 is 0. The summed E-state index contributed by atoms with van der Waals surface area (Å²) in [7, 11) is 0. The lowest BCUT2D eigenvalue weighted by atomic mass is 9.80. The number of phenols is 1. The standard InChI is InChI=1S/C20H10O7/c21-9-6-7-19-14-8(9)2-1-3-11(14)26-20(27-19)15-12(25-19)5-4-10(22)13(15)16(23)17-18(20)24-17/h1-7,17-18,22H/t17?,18?,19-,20+/m1/s1. The zero-order chi connectivity index (χ0) is 18.1. The molecule has 27 heavy (non-hydrogen) atoms. The molecule has 7 nitrogen and oxygen atoms in total. The van der Waals surface area contributed by atoms with Crippen molar-refractivity contribution in [2.24, 2.45) is 0 Å². The second kappa shape index (κ2) is 3.90. The van der Waals surface area contributed by atoms with Gasteiger partial charge in [0.05, 0.1) is 16.7 Å². The van der Waals surface area contributed by atoms with E-state index in [2.05, 4.69) is 0 Å². The third-order valence-electron chi connectivity index (χ3n) is 5.79. The van der Waals surface area contributed by atoms with E-state index < -0.39 is 23.8 Å². The largest absolute Gasteiger partial charge is 0.507 e. The first kappa shape index (κ1) is 14.0. The number of ether oxygens (including phenoxy) is 4. The third-order valence-corrected chi connectivity index (χ3v) is 5.79. The number of fused-ring (bicyclic) bond motifs is 1. The van der Waals surface area contributed by atoms with Crippen molar-refractivity contribution in [1.82, 2.24) is 0 Å². The number of allylic oxidation sites excluding steroid dienone is 1.